The molecule has 1 aliphatic rings. The van der Waals surface area contributed by atoms with E-state index in [9.17, 15) is 9.90 Å². The number of hydrogen-bond donors (Lipinski definition) is 2. The number of carbonyl (C=O) groups excluding carboxylic acids is 1. The van der Waals surface area contributed by atoms with Crippen LogP contribution in [0.4, 0.5) is 0 Å². The van der Waals surface area contributed by atoms with Crippen molar-refractivity contribution in [2.24, 2.45) is 0 Å². The second-order valence-electron chi connectivity index (χ2n) is 6.43. The quantitative estimate of drug-likeness (QED) is 0.754. The maximum absolute atomic E-state index is 12.6. The number of hydrogen-bond acceptors (Lipinski definition) is 5. The first-order valence-corrected chi connectivity index (χ1v) is 8.43. The fourth-order valence-corrected chi connectivity index (χ4v) is 2.93. The van der Waals surface area contributed by atoms with Gasteiger partial charge < -0.3 is 24.3 Å². The van der Waals surface area contributed by atoms with Crippen molar-refractivity contribution in [2.45, 2.75) is 12.5 Å². The fraction of sp³-hybridized carbons (Fsp3) is 0.250. The van der Waals surface area contributed by atoms with Crippen molar-refractivity contribution < 1.29 is 23.8 Å². The first-order valence-electron chi connectivity index (χ1n) is 8.43. The van der Waals surface area contributed by atoms with Gasteiger partial charge in [-0.05, 0) is 31.2 Å². The Hall–Kier alpha value is -2.99. The number of ether oxygens (including phenoxy) is 2. The Kier molecular flexibility index (Phi) is 4.05. The lowest BCUT2D eigenvalue weighted by molar-refractivity contribution is 0.0343. The molecule has 26 heavy (non-hydrogen) atoms. The van der Waals surface area contributed by atoms with E-state index >= 15 is 0 Å². The van der Waals surface area contributed by atoms with Gasteiger partial charge in [0, 0.05) is 5.39 Å². The van der Waals surface area contributed by atoms with Gasteiger partial charge in [-0.2, -0.15) is 0 Å². The zero-order valence-electron chi connectivity index (χ0n) is 14.3. The highest BCUT2D eigenvalue weighted by Crippen LogP contribution is 2.34. The van der Waals surface area contributed by atoms with E-state index in [1.807, 2.05) is 24.3 Å². The maximum atomic E-state index is 12.6. The van der Waals surface area contributed by atoms with Crippen molar-refractivity contribution in [1.29, 1.82) is 0 Å². The summed E-state index contributed by atoms with van der Waals surface area (Å²) in [6.07, 6.45) is 0. The Morgan fingerprint density at radius 3 is 2.81 bits per heavy atom. The van der Waals surface area contributed by atoms with Gasteiger partial charge in [0.25, 0.3) is 5.91 Å². The van der Waals surface area contributed by atoms with Crippen LogP contribution >= 0.6 is 0 Å². The summed E-state index contributed by atoms with van der Waals surface area (Å²) in [5.41, 5.74) is -0.277. The van der Waals surface area contributed by atoms with E-state index in [2.05, 4.69) is 5.32 Å². The Morgan fingerprint density at radius 1 is 1.15 bits per heavy atom. The molecular formula is C20H19NO5. The Bertz CT molecular complexity index is 927. The lowest BCUT2D eigenvalue weighted by Gasteiger charge is -2.23. The molecule has 6 nitrogen and oxygen atoms in total. The standard InChI is InChI=1S/C20H19NO5/c1-20(23,17-11-13-5-2-3-7-15(13)26-17)12-21-19(22)14-6-4-8-16-18(14)25-10-9-24-16/h2-8,11,23H,9-10,12H2,1H3,(H,21,22). The zero-order valence-corrected chi connectivity index (χ0v) is 14.3. The molecule has 1 aliphatic heterocycles. The Morgan fingerprint density at radius 2 is 1.96 bits per heavy atom. The van der Waals surface area contributed by atoms with Crippen LogP contribution in [-0.2, 0) is 5.60 Å². The van der Waals surface area contributed by atoms with Gasteiger partial charge in [0.05, 0.1) is 12.1 Å². The van der Waals surface area contributed by atoms with Crippen molar-refractivity contribution in [3.63, 3.8) is 0 Å². The number of aliphatic hydroxyl groups is 1. The summed E-state index contributed by atoms with van der Waals surface area (Å²) in [6, 6.07) is 14.5. The van der Waals surface area contributed by atoms with Gasteiger partial charge in [0.15, 0.2) is 11.5 Å². The number of carbonyl (C=O) groups is 1. The molecule has 2 heterocycles. The summed E-state index contributed by atoms with van der Waals surface area (Å²) in [5.74, 6) is 1.03. The van der Waals surface area contributed by atoms with Gasteiger partial charge in [-0.15, -0.1) is 0 Å². The Balaban J connectivity index is 1.52. The number of para-hydroxylation sites is 2. The molecule has 0 saturated heterocycles. The van der Waals surface area contributed by atoms with Crippen LogP contribution in [0.1, 0.15) is 23.0 Å². The molecule has 1 unspecified atom stereocenters. The smallest absolute Gasteiger partial charge is 0.255 e. The molecule has 0 aliphatic carbocycles. The number of fused-ring (bicyclic) bond motifs is 2. The normalized spacial score (nSPS) is 15.5. The van der Waals surface area contributed by atoms with Crippen LogP contribution < -0.4 is 14.8 Å². The van der Waals surface area contributed by atoms with Crippen molar-refractivity contribution >= 4 is 16.9 Å². The minimum atomic E-state index is -1.35. The highest BCUT2D eigenvalue weighted by molar-refractivity contribution is 5.97. The third-order valence-electron chi connectivity index (χ3n) is 4.36. The predicted octanol–water partition coefficient (Wildman–Crippen LogP) is 2.84. The van der Waals surface area contributed by atoms with E-state index in [4.69, 9.17) is 13.9 Å². The highest BCUT2D eigenvalue weighted by Gasteiger charge is 2.29. The molecule has 0 bridgehead atoms. The topological polar surface area (TPSA) is 80.9 Å². The zero-order chi connectivity index (χ0) is 18.1. The highest BCUT2D eigenvalue weighted by atomic mass is 16.6. The molecule has 0 fully saturated rings. The summed E-state index contributed by atoms with van der Waals surface area (Å²) in [5, 5.41) is 14.4. The average Bonchev–Trinajstić information content (AvgIpc) is 3.11. The van der Waals surface area contributed by atoms with E-state index in [0.717, 1.165) is 5.39 Å². The molecule has 1 amide bonds. The summed E-state index contributed by atoms with van der Waals surface area (Å²) in [6.45, 7) is 2.45. The lowest BCUT2D eigenvalue weighted by atomic mass is 10.0. The molecule has 1 aromatic heterocycles. The molecule has 6 heteroatoms. The van der Waals surface area contributed by atoms with E-state index in [-0.39, 0.29) is 12.5 Å². The molecule has 3 aromatic rings. The van der Waals surface area contributed by atoms with Crippen molar-refractivity contribution in [3.05, 3.63) is 59.9 Å². The monoisotopic (exact) mass is 353 g/mol. The van der Waals surface area contributed by atoms with Crippen LogP contribution in [0.25, 0.3) is 11.0 Å². The van der Waals surface area contributed by atoms with Gasteiger partial charge in [-0.1, -0.05) is 24.3 Å². The predicted molar refractivity (Wildman–Crippen MR) is 95.6 cm³/mol. The summed E-state index contributed by atoms with van der Waals surface area (Å²) in [7, 11) is 0. The SMILES string of the molecule is CC(O)(CNC(=O)c1cccc2c1OCCO2)c1cc2ccccc2o1. The largest absolute Gasteiger partial charge is 0.486 e. The van der Waals surface area contributed by atoms with Crippen LogP contribution in [0.15, 0.2) is 52.9 Å². The second kappa shape index (κ2) is 6.38. The molecule has 2 N–H and O–H groups in total. The minimum Gasteiger partial charge on any atom is -0.486 e. The van der Waals surface area contributed by atoms with Gasteiger partial charge >= 0.3 is 0 Å². The number of furan rings is 1. The maximum Gasteiger partial charge on any atom is 0.255 e. The van der Waals surface area contributed by atoms with Crippen molar-refractivity contribution in [2.75, 3.05) is 19.8 Å². The van der Waals surface area contributed by atoms with E-state index in [1.165, 1.54) is 0 Å². The van der Waals surface area contributed by atoms with Gasteiger partial charge in [-0.25, -0.2) is 0 Å². The van der Waals surface area contributed by atoms with Crippen LogP contribution in [0.2, 0.25) is 0 Å². The van der Waals surface area contributed by atoms with E-state index in [0.29, 0.717) is 41.6 Å². The number of nitrogens with one attached hydrogen (secondary N) is 1. The van der Waals surface area contributed by atoms with E-state index in [1.54, 1.807) is 31.2 Å². The first-order chi connectivity index (χ1) is 12.5. The van der Waals surface area contributed by atoms with Crippen LogP contribution in [-0.4, -0.2) is 30.8 Å². The summed E-state index contributed by atoms with van der Waals surface area (Å²) >= 11 is 0. The van der Waals surface area contributed by atoms with Crippen LogP contribution in [0, 0.1) is 0 Å². The molecule has 4 rings (SSSR count). The number of rotatable bonds is 4. The van der Waals surface area contributed by atoms with Crippen LogP contribution in [0.5, 0.6) is 11.5 Å². The number of amides is 1. The lowest BCUT2D eigenvalue weighted by Crippen LogP contribution is -2.38. The van der Waals surface area contributed by atoms with Gasteiger partial charge in [-0.3, -0.25) is 4.79 Å². The van der Waals surface area contributed by atoms with Crippen molar-refractivity contribution in [3.8, 4) is 11.5 Å². The Labute approximate surface area is 150 Å². The third-order valence-corrected chi connectivity index (χ3v) is 4.36. The molecule has 2 aromatic carbocycles. The van der Waals surface area contributed by atoms with Gasteiger partial charge in [0.2, 0.25) is 0 Å². The minimum absolute atomic E-state index is 0.00379. The molecule has 134 valence electrons. The summed E-state index contributed by atoms with van der Waals surface area (Å²) in [4.78, 5) is 12.6. The molecular weight excluding hydrogens is 334 g/mol. The summed E-state index contributed by atoms with van der Waals surface area (Å²) < 4.78 is 16.8. The molecule has 0 saturated carbocycles. The molecule has 0 spiro atoms. The molecule has 0 radical (unpaired) electrons. The second-order valence-corrected chi connectivity index (χ2v) is 6.43. The first kappa shape index (κ1) is 16.5. The van der Waals surface area contributed by atoms with E-state index < -0.39 is 5.60 Å². The third kappa shape index (κ3) is 2.99. The fourth-order valence-electron chi connectivity index (χ4n) is 2.93. The van der Waals surface area contributed by atoms with Crippen LogP contribution in [0.3, 0.4) is 0 Å². The van der Waals surface area contributed by atoms with Gasteiger partial charge in [0.1, 0.15) is 30.2 Å². The molecule has 1 atom stereocenters. The number of benzene rings is 2. The average molecular weight is 353 g/mol. The van der Waals surface area contributed by atoms with Crippen molar-refractivity contribution in [1.82, 2.24) is 5.32 Å².